The standard InChI is InChI=1S/C14H18N4O/c1-10-4-3-5-11(6-10)7-13(19)16-8-12-9-17-18(2)14(12)15/h3-6,9H,7-8,15H2,1-2H3,(H,16,19). The SMILES string of the molecule is Cc1cccc(CC(=O)NCc2cnn(C)c2N)c1. The molecular weight excluding hydrogens is 240 g/mol. The number of benzene rings is 1. The molecule has 100 valence electrons. The highest BCUT2D eigenvalue weighted by atomic mass is 16.1. The van der Waals surface area contributed by atoms with Crippen molar-refractivity contribution in [1.82, 2.24) is 15.1 Å². The fourth-order valence-electron chi connectivity index (χ4n) is 1.89. The number of hydrogen-bond acceptors (Lipinski definition) is 3. The number of amides is 1. The summed E-state index contributed by atoms with van der Waals surface area (Å²) in [6.45, 7) is 2.42. The summed E-state index contributed by atoms with van der Waals surface area (Å²) in [6, 6.07) is 7.93. The number of nitrogen functional groups attached to an aromatic ring is 1. The molecule has 19 heavy (non-hydrogen) atoms. The van der Waals surface area contributed by atoms with Crippen molar-refractivity contribution in [1.29, 1.82) is 0 Å². The molecule has 2 aromatic rings. The van der Waals surface area contributed by atoms with Gasteiger partial charge >= 0.3 is 0 Å². The van der Waals surface area contributed by atoms with Gasteiger partial charge in [-0.2, -0.15) is 5.10 Å². The maximum absolute atomic E-state index is 11.8. The summed E-state index contributed by atoms with van der Waals surface area (Å²) >= 11 is 0. The van der Waals surface area contributed by atoms with Crippen LogP contribution in [0.2, 0.25) is 0 Å². The summed E-state index contributed by atoms with van der Waals surface area (Å²) in [5.74, 6) is 0.560. The van der Waals surface area contributed by atoms with Crippen LogP contribution in [-0.2, 0) is 24.8 Å². The van der Waals surface area contributed by atoms with E-state index in [0.717, 1.165) is 16.7 Å². The minimum atomic E-state index is -0.0196. The van der Waals surface area contributed by atoms with Gasteiger partial charge in [-0.15, -0.1) is 0 Å². The number of carbonyl (C=O) groups is 1. The van der Waals surface area contributed by atoms with E-state index in [9.17, 15) is 4.79 Å². The molecule has 0 saturated heterocycles. The zero-order valence-electron chi connectivity index (χ0n) is 11.2. The lowest BCUT2D eigenvalue weighted by Gasteiger charge is -2.05. The third-order valence-corrected chi connectivity index (χ3v) is 2.99. The van der Waals surface area contributed by atoms with Gasteiger partial charge in [-0.25, -0.2) is 0 Å². The van der Waals surface area contributed by atoms with Crippen molar-refractivity contribution >= 4 is 11.7 Å². The molecule has 5 nitrogen and oxygen atoms in total. The van der Waals surface area contributed by atoms with E-state index in [1.165, 1.54) is 0 Å². The lowest BCUT2D eigenvalue weighted by molar-refractivity contribution is -0.120. The number of nitrogens with zero attached hydrogens (tertiary/aromatic N) is 2. The second kappa shape index (κ2) is 5.56. The van der Waals surface area contributed by atoms with Gasteiger partial charge < -0.3 is 11.1 Å². The molecule has 0 atom stereocenters. The van der Waals surface area contributed by atoms with Crippen molar-refractivity contribution in [3.8, 4) is 0 Å². The molecule has 2 rings (SSSR count). The number of anilines is 1. The molecule has 0 spiro atoms. The highest BCUT2D eigenvalue weighted by Gasteiger charge is 2.07. The first-order chi connectivity index (χ1) is 9.06. The van der Waals surface area contributed by atoms with Crippen LogP contribution in [0.5, 0.6) is 0 Å². The summed E-state index contributed by atoms with van der Waals surface area (Å²) in [5, 5.41) is 6.88. The van der Waals surface area contributed by atoms with E-state index in [1.54, 1.807) is 17.9 Å². The number of rotatable bonds is 4. The second-order valence-electron chi connectivity index (χ2n) is 4.62. The lowest BCUT2D eigenvalue weighted by atomic mass is 10.1. The maximum Gasteiger partial charge on any atom is 0.224 e. The summed E-state index contributed by atoms with van der Waals surface area (Å²) in [7, 11) is 1.77. The number of aromatic nitrogens is 2. The van der Waals surface area contributed by atoms with Crippen LogP contribution in [0.3, 0.4) is 0 Å². The summed E-state index contributed by atoms with van der Waals surface area (Å²) in [5.41, 5.74) is 8.81. The Morgan fingerprint density at radius 1 is 1.47 bits per heavy atom. The maximum atomic E-state index is 11.8. The molecule has 0 aliphatic heterocycles. The first kappa shape index (κ1) is 13.1. The van der Waals surface area contributed by atoms with Crippen LogP contribution in [0.4, 0.5) is 5.82 Å². The largest absolute Gasteiger partial charge is 0.384 e. The van der Waals surface area contributed by atoms with Crippen LogP contribution in [0, 0.1) is 6.92 Å². The predicted molar refractivity (Wildman–Crippen MR) is 74.4 cm³/mol. The van der Waals surface area contributed by atoms with Gasteiger partial charge in [-0.3, -0.25) is 9.48 Å². The Morgan fingerprint density at radius 3 is 2.89 bits per heavy atom. The summed E-state index contributed by atoms with van der Waals surface area (Å²) < 4.78 is 1.59. The molecule has 1 heterocycles. The molecule has 0 saturated carbocycles. The molecule has 0 aliphatic carbocycles. The highest BCUT2D eigenvalue weighted by Crippen LogP contribution is 2.09. The van der Waals surface area contributed by atoms with Gasteiger partial charge in [0.05, 0.1) is 12.6 Å². The van der Waals surface area contributed by atoms with Crippen molar-refractivity contribution in [2.45, 2.75) is 19.9 Å². The number of carbonyl (C=O) groups excluding carboxylic acids is 1. The third-order valence-electron chi connectivity index (χ3n) is 2.99. The molecule has 0 fully saturated rings. The van der Waals surface area contributed by atoms with E-state index < -0.39 is 0 Å². The Labute approximate surface area is 112 Å². The zero-order valence-corrected chi connectivity index (χ0v) is 11.2. The second-order valence-corrected chi connectivity index (χ2v) is 4.62. The Hall–Kier alpha value is -2.30. The Balaban J connectivity index is 1.90. The number of aryl methyl sites for hydroxylation is 2. The van der Waals surface area contributed by atoms with Gasteiger partial charge in [-0.05, 0) is 12.5 Å². The monoisotopic (exact) mass is 258 g/mol. The average Bonchev–Trinajstić information content (AvgIpc) is 2.68. The third kappa shape index (κ3) is 3.34. The van der Waals surface area contributed by atoms with Crippen molar-refractivity contribution in [3.05, 3.63) is 47.2 Å². The van der Waals surface area contributed by atoms with Crippen LogP contribution in [0.15, 0.2) is 30.5 Å². The summed E-state index contributed by atoms with van der Waals surface area (Å²) in [6.07, 6.45) is 2.05. The topological polar surface area (TPSA) is 72.9 Å². The van der Waals surface area contributed by atoms with Crippen molar-refractivity contribution < 1.29 is 4.79 Å². The average molecular weight is 258 g/mol. The van der Waals surface area contributed by atoms with Crippen LogP contribution in [0.25, 0.3) is 0 Å². The van der Waals surface area contributed by atoms with E-state index in [2.05, 4.69) is 10.4 Å². The van der Waals surface area contributed by atoms with Crippen LogP contribution in [0.1, 0.15) is 16.7 Å². The minimum Gasteiger partial charge on any atom is -0.384 e. The van der Waals surface area contributed by atoms with Crippen LogP contribution >= 0.6 is 0 Å². The van der Waals surface area contributed by atoms with Gasteiger partial charge in [0.2, 0.25) is 5.91 Å². The van der Waals surface area contributed by atoms with Crippen LogP contribution in [-0.4, -0.2) is 15.7 Å². The fourth-order valence-corrected chi connectivity index (χ4v) is 1.89. The van der Waals surface area contributed by atoms with Crippen molar-refractivity contribution in [2.24, 2.45) is 7.05 Å². The summed E-state index contributed by atoms with van der Waals surface area (Å²) in [4.78, 5) is 11.8. The van der Waals surface area contributed by atoms with Crippen molar-refractivity contribution in [2.75, 3.05) is 5.73 Å². The lowest BCUT2D eigenvalue weighted by Crippen LogP contribution is -2.24. The fraction of sp³-hybridized carbons (Fsp3) is 0.286. The minimum absolute atomic E-state index is 0.0196. The smallest absolute Gasteiger partial charge is 0.224 e. The van der Waals surface area contributed by atoms with Gasteiger partial charge in [0.1, 0.15) is 5.82 Å². The molecule has 3 N–H and O–H groups in total. The Bertz CT molecular complexity index is 589. The predicted octanol–water partition coefficient (Wildman–Crippen LogP) is 1.17. The molecule has 1 aromatic carbocycles. The zero-order chi connectivity index (χ0) is 13.8. The van der Waals surface area contributed by atoms with E-state index in [1.807, 2.05) is 31.2 Å². The van der Waals surface area contributed by atoms with E-state index in [-0.39, 0.29) is 5.91 Å². The Morgan fingerprint density at radius 2 is 2.26 bits per heavy atom. The molecular formula is C14H18N4O. The molecule has 1 amide bonds. The van der Waals surface area contributed by atoms with Crippen molar-refractivity contribution in [3.63, 3.8) is 0 Å². The van der Waals surface area contributed by atoms with Gasteiger partial charge in [0, 0.05) is 19.2 Å². The Kier molecular flexibility index (Phi) is 3.85. The first-order valence-electron chi connectivity index (χ1n) is 6.15. The van der Waals surface area contributed by atoms with Gasteiger partial charge in [0.25, 0.3) is 0 Å². The van der Waals surface area contributed by atoms with E-state index in [0.29, 0.717) is 18.8 Å². The molecule has 0 bridgehead atoms. The number of hydrogen-bond donors (Lipinski definition) is 2. The quantitative estimate of drug-likeness (QED) is 0.864. The van der Waals surface area contributed by atoms with E-state index >= 15 is 0 Å². The first-order valence-corrected chi connectivity index (χ1v) is 6.15. The van der Waals surface area contributed by atoms with Crippen LogP contribution < -0.4 is 11.1 Å². The number of nitrogens with two attached hydrogens (primary N) is 1. The molecule has 1 aromatic heterocycles. The normalized spacial score (nSPS) is 10.4. The molecule has 5 heteroatoms. The molecule has 0 radical (unpaired) electrons. The van der Waals surface area contributed by atoms with Gasteiger partial charge in [-0.1, -0.05) is 29.8 Å². The van der Waals surface area contributed by atoms with E-state index in [4.69, 9.17) is 5.73 Å². The van der Waals surface area contributed by atoms with Gasteiger partial charge in [0.15, 0.2) is 0 Å². The highest BCUT2D eigenvalue weighted by molar-refractivity contribution is 5.78. The molecule has 0 aliphatic rings. The number of nitrogens with one attached hydrogen (secondary N) is 1. The molecule has 0 unspecified atom stereocenters.